The topological polar surface area (TPSA) is 92.8 Å². The molecule has 0 aliphatic heterocycles. The smallest absolute Gasteiger partial charge is 0.326 e. The summed E-state index contributed by atoms with van der Waals surface area (Å²) in [5.74, 6) is 0. The molecule has 0 amide bonds. The molecule has 0 aliphatic carbocycles. The average molecular weight is 407 g/mol. The monoisotopic (exact) mass is 407 g/mol. The molecule has 0 radical (unpaired) electrons. The van der Waals surface area contributed by atoms with E-state index in [4.69, 9.17) is 15.5 Å². The fourth-order valence-electron chi connectivity index (χ4n) is 3.57. The fraction of sp³-hybridized carbons (Fsp3) is 0.545. The van der Waals surface area contributed by atoms with E-state index in [2.05, 4.69) is 47.8 Å². The van der Waals surface area contributed by atoms with Gasteiger partial charge in [-0.1, -0.05) is 75.4 Å². The highest BCUT2D eigenvalue weighted by atomic mass is 31.2. The third-order valence-electron chi connectivity index (χ3n) is 5.15. The number of benzene rings is 2. The number of hydrogen-bond acceptors (Lipinski definition) is 3. The van der Waals surface area contributed by atoms with Crippen molar-refractivity contribution in [2.45, 2.75) is 70.8 Å². The van der Waals surface area contributed by atoms with Crippen LogP contribution in [0.3, 0.4) is 0 Å². The summed E-state index contributed by atoms with van der Waals surface area (Å²) in [5, 5.41) is 2.54. The van der Waals surface area contributed by atoms with Crippen LogP contribution in [0.1, 0.15) is 63.0 Å². The van der Waals surface area contributed by atoms with Crippen LogP contribution in [-0.4, -0.2) is 22.4 Å². The lowest BCUT2D eigenvalue weighted by atomic mass is 9.93. The Morgan fingerprint density at radius 1 is 0.929 bits per heavy atom. The Bertz CT molecular complexity index is 774. The maximum atomic E-state index is 10.8. The first kappa shape index (κ1) is 23.1. The van der Waals surface area contributed by atoms with E-state index in [1.807, 2.05) is 0 Å². The van der Waals surface area contributed by atoms with Crippen molar-refractivity contribution in [2.75, 3.05) is 6.61 Å². The van der Waals surface area contributed by atoms with E-state index >= 15 is 0 Å². The van der Waals surface area contributed by atoms with Crippen LogP contribution in [0.25, 0.3) is 10.8 Å². The van der Waals surface area contributed by atoms with E-state index in [0.29, 0.717) is 6.42 Å². The number of phosphoric acid groups is 1. The van der Waals surface area contributed by atoms with Crippen molar-refractivity contribution in [2.24, 2.45) is 5.73 Å². The quantitative estimate of drug-likeness (QED) is 0.317. The molecule has 4 N–H and O–H groups in total. The summed E-state index contributed by atoms with van der Waals surface area (Å²) in [6.45, 7) is 2.10. The van der Waals surface area contributed by atoms with E-state index in [-0.39, 0.29) is 6.61 Å². The molecule has 0 heterocycles. The highest BCUT2D eigenvalue weighted by Gasteiger charge is 2.16. The number of aryl methyl sites for hydroxylation is 2. The van der Waals surface area contributed by atoms with Gasteiger partial charge in [-0.15, -0.1) is 0 Å². The Balaban J connectivity index is 1.96. The molecule has 1 atom stereocenters. The number of fused-ring (bicyclic) bond motifs is 1. The van der Waals surface area contributed by atoms with Gasteiger partial charge in [0.15, 0.2) is 0 Å². The van der Waals surface area contributed by atoms with Crippen LogP contribution in [0.5, 0.6) is 0 Å². The van der Waals surface area contributed by atoms with Gasteiger partial charge in [0, 0.05) is 6.04 Å². The van der Waals surface area contributed by atoms with Crippen LogP contribution in [0.4, 0.5) is 0 Å². The molecule has 156 valence electrons. The molecule has 0 saturated heterocycles. The van der Waals surface area contributed by atoms with Gasteiger partial charge in [0.2, 0.25) is 0 Å². The molecule has 5 nitrogen and oxygen atoms in total. The zero-order valence-electron chi connectivity index (χ0n) is 16.8. The van der Waals surface area contributed by atoms with Gasteiger partial charge in [-0.2, -0.15) is 0 Å². The predicted molar refractivity (Wildman–Crippen MR) is 115 cm³/mol. The minimum atomic E-state index is -4.46. The molecule has 0 spiro atoms. The second kappa shape index (κ2) is 11.7. The van der Waals surface area contributed by atoms with Crippen molar-refractivity contribution >= 4 is 18.6 Å². The Hall–Kier alpha value is -1.23. The summed E-state index contributed by atoms with van der Waals surface area (Å²) >= 11 is 0. The lowest BCUT2D eigenvalue weighted by molar-refractivity contribution is 0.184. The molecule has 2 aromatic carbocycles. The lowest BCUT2D eigenvalue weighted by Crippen LogP contribution is -2.26. The van der Waals surface area contributed by atoms with Crippen LogP contribution in [0.15, 0.2) is 36.4 Å². The largest absolute Gasteiger partial charge is 0.469 e. The Labute approximate surface area is 168 Å². The van der Waals surface area contributed by atoms with Gasteiger partial charge in [0.05, 0.1) is 6.61 Å². The standard InChI is InChI=1S/C22H34NO4P/c1-2-3-4-5-6-7-10-18-13-14-19(22-12-9-8-11-21(18)22)15-16-20(23)17-27-28(24,25)26/h8-9,11-14,20H,2-7,10,15-17,23H2,1H3,(H2,24,25,26). The lowest BCUT2D eigenvalue weighted by Gasteiger charge is -2.15. The second-order valence-corrected chi connectivity index (χ2v) is 8.77. The van der Waals surface area contributed by atoms with Crippen molar-refractivity contribution < 1.29 is 18.9 Å². The van der Waals surface area contributed by atoms with Gasteiger partial charge >= 0.3 is 7.82 Å². The maximum absolute atomic E-state index is 10.8. The summed E-state index contributed by atoms with van der Waals surface area (Å²) < 4.78 is 15.3. The molecule has 1 unspecified atom stereocenters. The van der Waals surface area contributed by atoms with Crippen molar-refractivity contribution in [3.63, 3.8) is 0 Å². The number of hydrogen-bond donors (Lipinski definition) is 3. The first-order valence-electron chi connectivity index (χ1n) is 10.4. The summed E-state index contributed by atoms with van der Waals surface area (Å²) in [4.78, 5) is 17.6. The van der Waals surface area contributed by atoms with E-state index in [0.717, 1.165) is 12.8 Å². The minimum absolute atomic E-state index is 0.141. The van der Waals surface area contributed by atoms with Gasteiger partial charge in [-0.25, -0.2) is 4.57 Å². The highest BCUT2D eigenvalue weighted by Crippen LogP contribution is 2.35. The van der Waals surface area contributed by atoms with Crippen molar-refractivity contribution in [1.29, 1.82) is 0 Å². The minimum Gasteiger partial charge on any atom is -0.326 e. The van der Waals surface area contributed by atoms with E-state index in [1.165, 1.54) is 60.4 Å². The molecular formula is C22H34NO4P. The van der Waals surface area contributed by atoms with Gasteiger partial charge in [-0.05, 0) is 47.6 Å². The molecule has 2 aromatic rings. The van der Waals surface area contributed by atoms with Crippen molar-refractivity contribution in [1.82, 2.24) is 0 Å². The number of phosphoric ester groups is 1. The molecule has 0 aliphatic rings. The molecule has 0 bridgehead atoms. The number of nitrogens with two attached hydrogens (primary N) is 1. The summed E-state index contributed by atoms with van der Waals surface area (Å²) in [7, 11) is -4.46. The molecule has 28 heavy (non-hydrogen) atoms. The van der Waals surface area contributed by atoms with E-state index in [9.17, 15) is 4.57 Å². The summed E-state index contributed by atoms with van der Waals surface area (Å²) in [5.41, 5.74) is 8.56. The van der Waals surface area contributed by atoms with Crippen LogP contribution in [-0.2, 0) is 21.9 Å². The third-order valence-corrected chi connectivity index (χ3v) is 5.63. The van der Waals surface area contributed by atoms with Crippen LogP contribution in [0, 0.1) is 0 Å². The first-order valence-corrected chi connectivity index (χ1v) is 11.9. The predicted octanol–water partition coefficient (Wildman–Crippen LogP) is 5.11. The average Bonchev–Trinajstić information content (AvgIpc) is 2.67. The zero-order chi connectivity index (χ0) is 20.4. The Morgan fingerprint density at radius 2 is 1.50 bits per heavy atom. The van der Waals surface area contributed by atoms with Crippen LogP contribution >= 0.6 is 7.82 Å². The van der Waals surface area contributed by atoms with E-state index in [1.54, 1.807) is 0 Å². The molecule has 2 rings (SSSR count). The van der Waals surface area contributed by atoms with Crippen LogP contribution < -0.4 is 5.73 Å². The molecule has 0 fully saturated rings. The zero-order valence-corrected chi connectivity index (χ0v) is 17.7. The Kier molecular flexibility index (Phi) is 9.63. The normalized spacial score (nSPS) is 13.1. The van der Waals surface area contributed by atoms with Crippen LogP contribution in [0.2, 0.25) is 0 Å². The molecule has 6 heteroatoms. The third kappa shape index (κ3) is 8.02. The van der Waals surface area contributed by atoms with Gasteiger partial charge in [0.1, 0.15) is 0 Å². The second-order valence-electron chi connectivity index (χ2n) is 7.53. The van der Waals surface area contributed by atoms with Gasteiger partial charge in [-0.3, -0.25) is 4.52 Å². The SMILES string of the molecule is CCCCCCCCc1ccc(CCC(N)COP(=O)(O)O)c2ccccc12. The fourth-order valence-corrected chi connectivity index (χ4v) is 3.96. The Morgan fingerprint density at radius 3 is 2.11 bits per heavy atom. The molecular weight excluding hydrogens is 373 g/mol. The number of unbranched alkanes of at least 4 members (excludes halogenated alkanes) is 5. The van der Waals surface area contributed by atoms with E-state index < -0.39 is 13.9 Å². The van der Waals surface area contributed by atoms with Gasteiger partial charge in [0.25, 0.3) is 0 Å². The maximum Gasteiger partial charge on any atom is 0.469 e. The summed E-state index contributed by atoms with van der Waals surface area (Å²) in [6, 6.07) is 12.4. The first-order chi connectivity index (χ1) is 13.4. The van der Waals surface area contributed by atoms with Crippen molar-refractivity contribution in [3.8, 4) is 0 Å². The van der Waals surface area contributed by atoms with Gasteiger partial charge < -0.3 is 15.5 Å². The summed E-state index contributed by atoms with van der Waals surface area (Å²) in [6.07, 6.45) is 10.2. The molecule has 0 aromatic heterocycles. The van der Waals surface area contributed by atoms with Crippen molar-refractivity contribution in [3.05, 3.63) is 47.5 Å². The highest BCUT2D eigenvalue weighted by molar-refractivity contribution is 7.46. The molecule has 0 saturated carbocycles. The number of rotatable bonds is 13.